The lowest BCUT2D eigenvalue weighted by Crippen LogP contribution is -2.46. The Morgan fingerprint density at radius 1 is 0.708 bits per heavy atom. The number of rotatable bonds is 34. The molecule has 0 bridgehead atoms. The van der Waals surface area contributed by atoms with Gasteiger partial charge in [-0.15, -0.1) is 0 Å². The van der Waals surface area contributed by atoms with Gasteiger partial charge >= 0.3 is 7.82 Å². The Labute approximate surface area is 296 Å². The molecule has 0 saturated carbocycles. The number of carbonyl (C=O) groups excluding carboxylic acids is 1. The highest BCUT2D eigenvalue weighted by Gasteiger charge is 2.28. The molecule has 9 heteroatoms. The molecule has 282 valence electrons. The van der Waals surface area contributed by atoms with Crippen LogP contribution in [0.15, 0.2) is 36.5 Å². The monoisotopic (exact) mass is 700 g/mol. The van der Waals surface area contributed by atoms with Crippen LogP contribution in [0.2, 0.25) is 0 Å². The molecule has 0 aromatic heterocycles. The van der Waals surface area contributed by atoms with Gasteiger partial charge in [0.25, 0.3) is 0 Å². The van der Waals surface area contributed by atoms with Gasteiger partial charge < -0.3 is 19.8 Å². The number of phosphoric ester groups is 1. The van der Waals surface area contributed by atoms with E-state index in [4.69, 9.17) is 9.05 Å². The number of likely N-dealkylation sites (N-methyl/N-ethyl adjacent to an activating group) is 1. The van der Waals surface area contributed by atoms with Crippen molar-refractivity contribution in [1.29, 1.82) is 0 Å². The van der Waals surface area contributed by atoms with Gasteiger partial charge in [-0.05, 0) is 51.4 Å². The van der Waals surface area contributed by atoms with Crippen molar-refractivity contribution < 1.29 is 32.9 Å². The molecule has 0 aliphatic heterocycles. The van der Waals surface area contributed by atoms with E-state index in [0.717, 1.165) is 64.2 Å². The number of aliphatic hydroxyl groups excluding tert-OH is 1. The lowest BCUT2D eigenvalue weighted by Gasteiger charge is -2.26. The first-order valence-corrected chi connectivity index (χ1v) is 20.8. The zero-order valence-corrected chi connectivity index (χ0v) is 32.6. The maximum absolute atomic E-state index is 12.8. The van der Waals surface area contributed by atoms with E-state index in [0.29, 0.717) is 23.9 Å². The SMILES string of the molecule is CCCCC/C=C\C/C=C\C/C=C\CCCCCCCCC(=O)NC(COP(=O)(O)OCC[N+](C)(C)C)C(O)CCCCCCCCC. The van der Waals surface area contributed by atoms with Gasteiger partial charge in [0.1, 0.15) is 13.2 Å². The van der Waals surface area contributed by atoms with Crippen LogP contribution < -0.4 is 5.32 Å². The van der Waals surface area contributed by atoms with Gasteiger partial charge in [-0.3, -0.25) is 13.8 Å². The van der Waals surface area contributed by atoms with Crippen molar-refractivity contribution in [3.63, 3.8) is 0 Å². The van der Waals surface area contributed by atoms with Crippen LogP contribution in [0, 0.1) is 0 Å². The van der Waals surface area contributed by atoms with Crippen molar-refractivity contribution in [2.75, 3.05) is 40.9 Å². The lowest BCUT2D eigenvalue weighted by molar-refractivity contribution is -0.870. The van der Waals surface area contributed by atoms with Crippen LogP contribution in [0.5, 0.6) is 0 Å². The first-order chi connectivity index (χ1) is 23.0. The molecule has 0 fully saturated rings. The summed E-state index contributed by atoms with van der Waals surface area (Å²) in [6.45, 7) is 4.77. The number of hydrogen-bond donors (Lipinski definition) is 3. The molecule has 0 rings (SSSR count). The summed E-state index contributed by atoms with van der Waals surface area (Å²) < 4.78 is 23.4. The van der Waals surface area contributed by atoms with Crippen molar-refractivity contribution in [1.82, 2.24) is 5.32 Å². The quantitative estimate of drug-likeness (QED) is 0.0267. The Hall–Kier alpha value is -1.28. The molecule has 3 N–H and O–H groups in total. The van der Waals surface area contributed by atoms with Crippen molar-refractivity contribution in [2.45, 2.75) is 167 Å². The minimum Gasteiger partial charge on any atom is -0.391 e. The van der Waals surface area contributed by atoms with Crippen LogP contribution in [-0.4, -0.2) is 73.4 Å². The third kappa shape index (κ3) is 33.2. The minimum atomic E-state index is -4.30. The predicted octanol–water partition coefficient (Wildman–Crippen LogP) is 9.96. The molecule has 0 aromatic rings. The van der Waals surface area contributed by atoms with E-state index in [1.165, 1.54) is 64.2 Å². The largest absolute Gasteiger partial charge is 0.472 e. The fourth-order valence-electron chi connectivity index (χ4n) is 5.23. The smallest absolute Gasteiger partial charge is 0.391 e. The van der Waals surface area contributed by atoms with Gasteiger partial charge in [0.15, 0.2) is 0 Å². The fourth-order valence-corrected chi connectivity index (χ4v) is 5.96. The van der Waals surface area contributed by atoms with E-state index in [9.17, 15) is 19.4 Å². The first kappa shape index (κ1) is 46.7. The van der Waals surface area contributed by atoms with Crippen molar-refractivity contribution in [2.24, 2.45) is 0 Å². The van der Waals surface area contributed by atoms with Crippen LogP contribution in [0.3, 0.4) is 0 Å². The molecule has 8 nitrogen and oxygen atoms in total. The number of hydrogen-bond acceptors (Lipinski definition) is 5. The summed E-state index contributed by atoms with van der Waals surface area (Å²) in [5.41, 5.74) is 0. The highest BCUT2D eigenvalue weighted by Crippen LogP contribution is 2.43. The Morgan fingerprint density at radius 3 is 1.77 bits per heavy atom. The van der Waals surface area contributed by atoms with Crippen LogP contribution in [0.4, 0.5) is 0 Å². The highest BCUT2D eigenvalue weighted by atomic mass is 31.2. The Bertz CT molecular complexity index is 886. The normalized spacial score (nSPS) is 15.1. The number of allylic oxidation sites excluding steroid dienone is 6. The van der Waals surface area contributed by atoms with Crippen LogP contribution >= 0.6 is 7.82 Å². The van der Waals surface area contributed by atoms with E-state index in [-0.39, 0.29) is 19.1 Å². The molecule has 0 heterocycles. The predicted molar refractivity (Wildman–Crippen MR) is 203 cm³/mol. The summed E-state index contributed by atoms with van der Waals surface area (Å²) in [5.74, 6) is -0.164. The van der Waals surface area contributed by atoms with E-state index in [2.05, 4.69) is 55.6 Å². The molecule has 0 spiro atoms. The highest BCUT2D eigenvalue weighted by molar-refractivity contribution is 7.47. The summed E-state index contributed by atoms with van der Waals surface area (Å²) in [6, 6.07) is -0.763. The van der Waals surface area contributed by atoms with Crippen LogP contribution in [-0.2, 0) is 18.4 Å². The number of amides is 1. The molecule has 0 aliphatic rings. The van der Waals surface area contributed by atoms with E-state index < -0.39 is 20.0 Å². The maximum Gasteiger partial charge on any atom is 0.472 e. The zero-order valence-electron chi connectivity index (χ0n) is 31.7. The third-order valence-electron chi connectivity index (χ3n) is 8.39. The Morgan fingerprint density at radius 2 is 1.19 bits per heavy atom. The molecule has 0 saturated heterocycles. The number of phosphoric acid groups is 1. The number of unbranched alkanes of at least 4 members (excludes halogenated alkanes) is 15. The number of aliphatic hydroxyl groups is 1. The number of nitrogens with one attached hydrogen (secondary N) is 1. The summed E-state index contributed by atoms with van der Waals surface area (Å²) in [6.07, 6.45) is 36.1. The third-order valence-corrected chi connectivity index (χ3v) is 9.38. The summed E-state index contributed by atoms with van der Waals surface area (Å²) in [5, 5.41) is 13.8. The van der Waals surface area contributed by atoms with Gasteiger partial charge in [0.05, 0.1) is 39.9 Å². The number of quaternary nitrogens is 1. The molecule has 0 aromatic carbocycles. The molecule has 3 atom stereocenters. The number of carbonyl (C=O) groups is 1. The molecule has 48 heavy (non-hydrogen) atoms. The van der Waals surface area contributed by atoms with Gasteiger partial charge in [-0.25, -0.2) is 4.57 Å². The van der Waals surface area contributed by atoms with Crippen LogP contribution in [0.25, 0.3) is 0 Å². The second-order valence-electron chi connectivity index (χ2n) is 14.3. The van der Waals surface area contributed by atoms with Crippen molar-refractivity contribution in [3.8, 4) is 0 Å². The average molecular weight is 700 g/mol. The molecular weight excluding hydrogens is 623 g/mol. The molecule has 0 aliphatic carbocycles. The second-order valence-corrected chi connectivity index (χ2v) is 15.8. The molecule has 1 amide bonds. The second kappa shape index (κ2) is 31.7. The van der Waals surface area contributed by atoms with E-state index >= 15 is 0 Å². The summed E-state index contributed by atoms with van der Waals surface area (Å²) in [7, 11) is 1.60. The van der Waals surface area contributed by atoms with Crippen molar-refractivity contribution in [3.05, 3.63) is 36.5 Å². The average Bonchev–Trinajstić information content (AvgIpc) is 3.02. The minimum absolute atomic E-state index is 0.0702. The molecular formula is C39H76N2O6P+. The molecule has 3 unspecified atom stereocenters. The van der Waals surface area contributed by atoms with Gasteiger partial charge in [-0.2, -0.15) is 0 Å². The lowest BCUT2D eigenvalue weighted by atomic mass is 10.0. The van der Waals surface area contributed by atoms with E-state index in [1.807, 2.05) is 21.1 Å². The van der Waals surface area contributed by atoms with Gasteiger partial charge in [-0.1, -0.05) is 134 Å². The maximum atomic E-state index is 12.8. The number of nitrogens with zero attached hydrogens (tertiary/aromatic N) is 1. The zero-order chi connectivity index (χ0) is 35.8. The Balaban J connectivity index is 4.33. The van der Waals surface area contributed by atoms with E-state index in [1.54, 1.807) is 0 Å². The van der Waals surface area contributed by atoms with Gasteiger partial charge in [0.2, 0.25) is 5.91 Å². The fraction of sp³-hybridized carbons (Fsp3) is 0.821. The topological polar surface area (TPSA) is 105 Å². The standard InChI is InChI=1S/C39H75N2O6P/c1-6-8-10-12-14-15-16-17-18-19-20-21-22-23-24-25-27-29-31-33-39(43)40-37(38(42)32-30-28-26-13-11-9-7-2)36-47-48(44,45)46-35-34-41(3,4)5/h14-15,17-18,20-21,37-38,42H,6-13,16,19,22-36H2,1-5H3,(H-,40,43,44,45)/p+1/b15-14-,18-17-,21-20-. The summed E-state index contributed by atoms with van der Waals surface area (Å²) in [4.78, 5) is 22.9. The first-order valence-electron chi connectivity index (χ1n) is 19.4. The Kier molecular flexibility index (Phi) is 30.8. The van der Waals surface area contributed by atoms with Crippen LogP contribution in [0.1, 0.15) is 155 Å². The summed E-state index contributed by atoms with van der Waals surface area (Å²) >= 11 is 0. The molecule has 0 radical (unpaired) electrons. The van der Waals surface area contributed by atoms with Gasteiger partial charge in [0, 0.05) is 6.42 Å². The van der Waals surface area contributed by atoms with Crippen molar-refractivity contribution >= 4 is 13.7 Å².